The molecule has 0 radical (unpaired) electrons. The first-order chi connectivity index (χ1) is 13.3. The third kappa shape index (κ3) is 6.07. The molecule has 8 heteroatoms. The maximum Gasteiger partial charge on any atom is 0.194 e. The van der Waals surface area contributed by atoms with Crippen molar-refractivity contribution in [1.82, 2.24) is 15.1 Å². The van der Waals surface area contributed by atoms with Gasteiger partial charge in [0.15, 0.2) is 15.8 Å². The number of nitrogens with one attached hydrogen (secondary N) is 1. The highest BCUT2D eigenvalue weighted by Gasteiger charge is 2.41. The molecule has 0 aromatic heterocycles. The smallest absolute Gasteiger partial charge is 0.194 e. The quantitative estimate of drug-likeness (QED) is 0.358. The van der Waals surface area contributed by atoms with Gasteiger partial charge in [0.25, 0.3) is 0 Å². The van der Waals surface area contributed by atoms with E-state index in [-0.39, 0.29) is 29.7 Å². The zero-order valence-electron chi connectivity index (χ0n) is 17.8. The van der Waals surface area contributed by atoms with Crippen LogP contribution in [0.5, 0.6) is 0 Å². The van der Waals surface area contributed by atoms with E-state index >= 15 is 0 Å². The summed E-state index contributed by atoms with van der Waals surface area (Å²) in [6, 6.07) is 11.0. The Kier molecular flexibility index (Phi) is 8.78. The summed E-state index contributed by atoms with van der Waals surface area (Å²) in [5.74, 6) is 1.03. The first-order valence-electron chi connectivity index (χ1n) is 10.4. The molecule has 0 aliphatic carbocycles. The summed E-state index contributed by atoms with van der Waals surface area (Å²) in [6.07, 6.45) is 2.37. The highest BCUT2D eigenvalue weighted by molar-refractivity contribution is 14.0. The van der Waals surface area contributed by atoms with Gasteiger partial charge in [-0.15, -0.1) is 24.0 Å². The molecule has 164 valence electrons. The highest BCUT2D eigenvalue weighted by atomic mass is 127. The second-order valence-corrected chi connectivity index (χ2v) is 11.2. The molecule has 29 heavy (non-hydrogen) atoms. The van der Waals surface area contributed by atoms with Crippen LogP contribution in [0, 0.1) is 0 Å². The SMILES string of the molecule is CCNC(=NCC1CCCN1Cc1ccccc1)N1CCS(=O)(=O)C(C)(C)C1.I. The summed E-state index contributed by atoms with van der Waals surface area (Å²) in [5, 5.41) is 3.37. The maximum atomic E-state index is 12.3. The molecule has 0 bridgehead atoms. The van der Waals surface area contributed by atoms with Crippen molar-refractivity contribution in [2.24, 2.45) is 4.99 Å². The number of sulfone groups is 1. The van der Waals surface area contributed by atoms with Gasteiger partial charge in [0.1, 0.15) is 0 Å². The summed E-state index contributed by atoms with van der Waals surface area (Å²) in [6.45, 7) is 10.3. The van der Waals surface area contributed by atoms with Crippen LogP contribution in [0.4, 0.5) is 0 Å². The number of halogens is 1. The van der Waals surface area contributed by atoms with E-state index in [2.05, 4.69) is 52.4 Å². The van der Waals surface area contributed by atoms with Crippen molar-refractivity contribution in [2.75, 3.05) is 38.5 Å². The van der Waals surface area contributed by atoms with Crippen LogP contribution in [0.25, 0.3) is 0 Å². The largest absolute Gasteiger partial charge is 0.357 e. The van der Waals surface area contributed by atoms with Gasteiger partial charge in [-0.05, 0) is 45.7 Å². The van der Waals surface area contributed by atoms with E-state index in [0.717, 1.165) is 38.6 Å². The van der Waals surface area contributed by atoms with Crippen molar-refractivity contribution in [2.45, 2.75) is 50.9 Å². The molecule has 1 aromatic rings. The minimum atomic E-state index is -3.05. The van der Waals surface area contributed by atoms with Crippen LogP contribution in [-0.2, 0) is 16.4 Å². The molecule has 0 amide bonds. The lowest BCUT2D eigenvalue weighted by molar-refractivity contribution is 0.249. The molecule has 1 atom stereocenters. The fourth-order valence-corrected chi connectivity index (χ4v) is 5.44. The van der Waals surface area contributed by atoms with Gasteiger partial charge in [-0.1, -0.05) is 30.3 Å². The molecule has 3 rings (SSSR count). The normalized spacial score (nSPS) is 24.2. The van der Waals surface area contributed by atoms with Crippen LogP contribution >= 0.6 is 24.0 Å². The standard InChI is InChI=1S/C21H34N4O2S.HI/c1-4-22-20(25-13-14-28(26,27)21(2,3)17-25)23-15-19-11-8-12-24(19)16-18-9-6-5-7-10-18;/h5-7,9-10,19H,4,8,11-17H2,1-3H3,(H,22,23);1H. The van der Waals surface area contributed by atoms with Gasteiger partial charge in [0.05, 0.1) is 17.0 Å². The molecule has 1 N–H and O–H groups in total. The summed E-state index contributed by atoms with van der Waals surface area (Å²) >= 11 is 0. The van der Waals surface area contributed by atoms with E-state index in [1.165, 1.54) is 12.0 Å². The Morgan fingerprint density at radius 2 is 1.97 bits per heavy atom. The number of nitrogens with zero attached hydrogens (tertiary/aromatic N) is 3. The van der Waals surface area contributed by atoms with Gasteiger partial charge in [0.2, 0.25) is 0 Å². The fourth-order valence-electron chi connectivity index (χ4n) is 4.07. The summed E-state index contributed by atoms with van der Waals surface area (Å²) < 4.78 is 23.9. The van der Waals surface area contributed by atoms with Crippen LogP contribution in [0.15, 0.2) is 35.3 Å². The van der Waals surface area contributed by atoms with E-state index in [1.807, 2.05) is 13.8 Å². The number of hydrogen-bond acceptors (Lipinski definition) is 4. The van der Waals surface area contributed by atoms with E-state index in [1.54, 1.807) is 0 Å². The Morgan fingerprint density at radius 1 is 1.24 bits per heavy atom. The lowest BCUT2D eigenvalue weighted by Gasteiger charge is -2.39. The van der Waals surface area contributed by atoms with E-state index in [4.69, 9.17) is 4.99 Å². The van der Waals surface area contributed by atoms with Crippen molar-refractivity contribution in [1.29, 1.82) is 0 Å². The van der Waals surface area contributed by atoms with Crippen molar-refractivity contribution < 1.29 is 8.42 Å². The van der Waals surface area contributed by atoms with Crippen LogP contribution < -0.4 is 5.32 Å². The average molecular weight is 535 g/mol. The lowest BCUT2D eigenvalue weighted by atomic mass is 10.2. The molecule has 2 fully saturated rings. The number of likely N-dealkylation sites (tertiary alicyclic amines) is 1. The molecule has 6 nitrogen and oxygen atoms in total. The Balaban J connectivity index is 0.00000300. The van der Waals surface area contributed by atoms with Gasteiger partial charge in [-0.3, -0.25) is 9.89 Å². The summed E-state index contributed by atoms with van der Waals surface area (Å²) in [7, 11) is -3.05. The van der Waals surface area contributed by atoms with Crippen molar-refractivity contribution in [3.05, 3.63) is 35.9 Å². The van der Waals surface area contributed by atoms with Crippen LogP contribution in [0.3, 0.4) is 0 Å². The first-order valence-corrected chi connectivity index (χ1v) is 12.0. The Labute approximate surface area is 193 Å². The Bertz CT molecular complexity index is 783. The monoisotopic (exact) mass is 534 g/mol. The van der Waals surface area contributed by atoms with E-state index < -0.39 is 14.6 Å². The Morgan fingerprint density at radius 3 is 2.62 bits per heavy atom. The molecule has 1 unspecified atom stereocenters. The van der Waals surface area contributed by atoms with Crippen LogP contribution in [0.2, 0.25) is 0 Å². The first kappa shape index (κ1) is 24.4. The second-order valence-electron chi connectivity index (χ2n) is 8.45. The molecule has 2 saturated heterocycles. The molecular formula is C21H35IN4O2S. The fraction of sp³-hybridized carbons (Fsp3) is 0.667. The molecule has 1 aromatic carbocycles. The van der Waals surface area contributed by atoms with Gasteiger partial charge in [0, 0.05) is 32.2 Å². The maximum absolute atomic E-state index is 12.3. The van der Waals surface area contributed by atoms with Gasteiger partial charge >= 0.3 is 0 Å². The van der Waals surface area contributed by atoms with Gasteiger partial charge in [-0.25, -0.2) is 8.42 Å². The van der Waals surface area contributed by atoms with Crippen molar-refractivity contribution >= 4 is 39.8 Å². The Hall–Kier alpha value is -0.870. The molecule has 2 aliphatic rings. The predicted octanol–water partition coefficient (Wildman–Crippen LogP) is 2.74. The summed E-state index contributed by atoms with van der Waals surface area (Å²) in [5.41, 5.74) is 1.34. The van der Waals surface area contributed by atoms with E-state index in [9.17, 15) is 8.42 Å². The number of rotatable bonds is 5. The zero-order valence-corrected chi connectivity index (χ0v) is 20.9. The molecular weight excluding hydrogens is 499 g/mol. The van der Waals surface area contributed by atoms with Crippen molar-refractivity contribution in [3.63, 3.8) is 0 Å². The molecule has 0 spiro atoms. The topological polar surface area (TPSA) is 65.0 Å². The summed E-state index contributed by atoms with van der Waals surface area (Å²) in [4.78, 5) is 9.55. The average Bonchev–Trinajstić information content (AvgIpc) is 3.09. The minimum Gasteiger partial charge on any atom is -0.357 e. The highest BCUT2D eigenvalue weighted by Crippen LogP contribution is 2.24. The van der Waals surface area contributed by atoms with Crippen molar-refractivity contribution in [3.8, 4) is 0 Å². The minimum absolute atomic E-state index is 0. The van der Waals surface area contributed by atoms with Crippen LogP contribution in [-0.4, -0.2) is 73.4 Å². The van der Waals surface area contributed by atoms with Crippen LogP contribution in [0.1, 0.15) is 39.2 Å². The third-order valence-corrected chi connectivity index (χ3v) is 8.39. The lowest BCUT2D eigenvalue weighted by Crippen LogP contribution is -2.57. The predicted molar refractivity (Wildman–Crippen MR) is 131 cm³/mol. The van der Waals surface area contributed by atoms with E-state index in [0.29, 0.717) is 19.1 Å². The third-order valence-electron chi connectivity index (χ3n) is 5.86. The molecule has 2 heterocycles. The van der Waals surface area contributed by atoms with Gasteiger partial charge in [-0.2, -0.15) is 0 Å². The number of hydrogen-bond donors (Lipinski definition) is 1. The molecule has 2 aliphatic heterocycles. The number of guanidine groups is 1. The van der Waals surface area contributed by atoms with Gasteiger partial charge < -0.3 is 10.2 Å². The molecule has 0 saturated carbocycles. The zero-order chi connectivity index (χ0) is 20.2. The number of benzene rings is 1. The number of aliphatic imine (C=N–C) groups is 1. The second kappa shape index (κ2) is 10.4.